The molecule has 0 spiro atoms. The quantitative estimate of drug-likeness (QED) is 0.645. The second-order valence-electron chi connectivity index (χ2n) is 4.19. The average Bonchev–Trinajstić information content (AvgIpc) is 2.51. The van der Waals surface area contributed by atoms with Crippen LogP contribution in [-0.2, 0) is 4.79 Å². The number of hydrogen-bond acceptors (Lipinski definition) is 3. The smallest absolute Gasteiger partial charge is 0.277 e. The molecule has 114 valence electrons. The van der Waals surface area contributed by atoms with E-state index in [1.165, 1.54) is 6.21 Å². The molecule has 0 aromatic heterocycles. The Hall–Kier alpha value is -1.75. The number of benzene rings is 2. The van der Waals surface area contributed by atoms with Gasteiger partial charge in [0.15, 0.2) is 6.61 Å². The number of nitrogens with one attached hydrogen (secondary N) is 1. The van der Waals surface area contributed by atoms with Crippen LogP contribution in [0.25, 0.3) is 0 Å². The zero-order chi connectivity index (χ0) is 15.9. The monoisotopic (exact) mass is 356 g/mol. The van der Waals surface area contributed by atoms with Crippen LogP contribution in [-0.4, -0.2) is 18.7 Å². The summed E-state index contributed by atoms with van der Waals surface area (Å²) in [6.07, 6.45) is 1.50. The normalized spacial score (nSPS) is 10.7. The van der Waals surface area contributed by atoms with Crippen LogP contribution in [0.3, 0.4) is 0 Å². The Kier molecular flexibility index (Phi) is 6.07. The number of carbonyl (C=O) groups is 1. The minimum absolute atomic E-state index is 0.224. The van der Waals surface area contributed by atoms with Crippen molar-refractivity contribution in [2.24, 2.45) is 5.10 Å². The molecule has 0 unspecified atom stereocenters. The van der Waals surface area contributed by atoms with Gasteiger partial charge in [0, 0.05) is 5.02 Å². The van der Waals surface area contributed by atoms with Crippen molar-refractivity contribution in [3.63, 3.8) is 0 Å². The van der Waals surface area contributed by atoms with Crippen LogP contribution in [0.15, 0.2) is 47.6 Å². The maximum atomic E-state index is 11.6. The molecule has 2 aromatic carbocycles. The first-order valence-electron chi connectivity index (χ1n) is 6.20. The lowest BCUT2D eigenvalue weighted by molar-refractivity contribution is -0.123. The van der Waals surface area contributed by atoms with E-state index in [2.05, 4.69) is 10.5 Å². The second-order valence-corrected chi connectivity index (χ2v) is 5.41. The molecule has 1 amide bonds. The highest BCUT2D eigenvalue weighted by Gasteiger charge is 2.07. The highest BCUT2D eigenvalue weighted by atomic mass is 35.5. The van der Waals surface area contributed by atoms with Crippen LogP contribution in [0.4, 0.5) is 0 Å². The minimum Gasteiger partial charge on any atom is -0.482 e. The summed E-state index contributed by atoms with van der Waals surface area (Å²) >= 11 is 17.6. The van der Waals surface area contributed by atoms with Crippen LogP contribution in [0, 0.1) is 0 Å². The molecule has 22 heavy (non-hydrogen) atoms. The Morgan fingerprint density at radius 2 is 1.86 bits per heavy atom. The number of amides is 1. The van der Waals surface area contributed by atoms with E-state index in [1.807, 2.05) is 0 Å². The molecule has 0 atom stereocenters. The van der Waals surface area contributed by atoms with Gasteiger partial charge in [-0.1, -0.05) is 53.0 Å². The summed E-state index contributed by atoms with van der Waals surface area (Å²) in [5.41, 5.74) is 3.16. The number of nitrogens with zero attached hydrogens (tertiary/aromatic N) is 1. The van der Waals surface area contributed by atoms with Crippen LogP contribution >= 0.6 is 34.8 Å². The van der Waals surface area contributed by atoms with E-state index >= 15 is 0 Å². The standard InChI is InChI=1S/C15H11Cl3N2O2/c16-11-6-4-10(5-7-11)8-19-20-14(21)9-22-13-3-1-2-12(17)15(13)18/h1-8H,9H2,(H,20,21). The van der Waals surface area contributed by atoms with Gasteiger partial charge in [-0.3, -0.25) is 4.79 Å². The number of hydrogen-bond donors (Lipinski definition) is 1. The molecule has 7 heteroatoms. The van der Waals surface area contributed by atoms with Crippen molar-refractivity contribution in [3.05, 3.63) is 63.1 Å². The Morgan fingerprint density at radius 1 is 1.14 bits per heavy atom. The zero-order valence-corrected chi connectivity index (χ0v) is 13.5. The average molecular weight is 358 g/mol. The number of halogens is 3. The van der Waals surface area contributed by atoms with E-state index in [1.54, 1.807) is 42.5 Å². The Bertz CT molecular complexity index is 688. The molecule has 0 aliphatic carbocycles. The van der Waals surface area contributed by atoms with Gasteiger partial charge in [0.2, 0.25) is 0 Å². The van der Waals surface area contributed by atoms with E-state index < -0.39 is 5.91 Å². The largest absolute Gasteiger partial charge is 0.482 e. The first-order valence-corrected chi connectivity index (χ1v) is 7.34. The lowest BCUT2D eigenvalue weighted by Gasteiger charge is -2.07. The topological polar surface area (TPSA) is 50.7 Å². The molecule has 0 radical (unpaired) electrons. The van der Waals surface area contributed by atoms with Gasteiger partial charge in [0.25, 0.3) is 5.91 Å². The molecule has 0 saturated heterocycles. The highest BCUT2D eigenvalue weighted by Crippen LogP contribution is 2.31. The van der Waals surface area contributed by atoms with Crippen LogP contribution < -0.4 is 10.2 Å². The van der Waals surface area contributed by atoms with Gasteiger partial charge < -0.3 is 4.74 Å². The van der Waals surface area contributed by atoms with Crippen molar-refractivity contribution < 1.29 is 9.53 Å². The molecule has 1 N–H and O–H groups in total. The maximum Gasteiger partial charge on any atom is 0.277 e. The number of ether oxygens (including phenoxy) is 1. The lowest BCUT2D eigenvalue weighted by Crippen LogP contribution is -2.24. The molecule has 0 bridgehead atoms. The van der Waals surface area contributed by atoms with Gasteiger partial charge in [0.1, 0.15) is 10.8 Å². The van der Waals surface area contributed by atoms with E-state index in [-0.39, 0.29) is 11.6 Å². The predicted molar refractivity (Wildman–Crippen MR) is 89.1 cm³/mol. The van der Waals surface area contributed by atoms with Crippen molar-refractivity contribution >= 4 is 46.9 Å². The third kappa shape index (κ3) is 4.91. The second kappa shape index (κ2) is 8.03. The highest BCUT2D eigenvalue weighted by molar-refractivity contribution is 6.42. The van der Waals surface area contributed by atoms with E-state index in [0.717, 1.165) is 5.56 Å². The van der Waals surface area contributed by atoms with Crippen LogP contribution in [0.1, 0.15) is 5.56 Å². The van der Waals surface area contributed by atoms with Crippen molar-refractivity contribution in [2.75, 3.05) is 6.61 Å². The SMILES string of the molecule is O=C(COc1cccc(Cl)c1Cl)NN=Cc1ccc(Cl)cc1. The third-order valence-corrected chi connectivity index (χ3v) is 3.60. The van der Waals surface area contributed by atoms with Gasteiger partial charge >= 0.3 is 0 Å². The lowest BCUT2D eigenvalue weighted by atomic mass is 10.2. The Labute approximate surface area is 142 Å². The third-order valence-electron chi connectivity index (χ3n) is 2.55. The van der Waals surface area contributed by atoms with Gasteiger partial charge in [-0.25, -0.2) is 5.43 Å². The molecular weight excluding hydrogens is 347 g/mol. The molecule has 2 aromatic rings. The molecule has 0 aliphatic heterocycles. The molecule has 0 heterocycles. The fourth-order valence-electron chi connectivity index (χ4n) is 1.50. The van der Waals surface area contributed by atoms with E-state index in [0.29, 0.717) is 15.8 Å². The van der Waals surface area contributed by atoms with Crippen molar-refractivity contribution in [3.8, 4) is 5.75 Å². The zero-order valence-electron chi connectivity index (χ0n) is 11.2. The van der Waals surface area contributed by atoms with Crippen molar-refractivity contribution in [1.82, 2.24) is 5.43 Å². The minimum atomic E-state index is -0.416. The predicted octanol–water partition coefficient (Wildman–Crippen LogP) is 4.18. The van der Waals surface area contributed by atoms with Gasteiger partial charge in [0.05, 0.1) is 11.2 Å². The summed E-state index contributed by atoms with van der Waals surface area (Å²) in [4.78, 5) is 11.6. The first-order chi connectivity index (χ1) is 10.6. The maximum absolute atomic E-state index is 11.6. The number of carbonyl (C=O) groups excluding carboxylic acids is 1. The molecule has 0 fully saturated rings. The molecule has 0 saturated carbocycles. The molecule has 2 rings (SSSR count). The Morgan fingerprint density at radius 3 is 2.59 bits per heavy atom. The van der Waals surface area contributed by atoms with Crippen LogP contribution in [0.2, 0.25) is 15.1 Å². The Balaban J connectivity index is 1.83. The number of rotatable bonds is 5. The summed E-state index contributed by atoms with van der Waals surface area (Å²) < 4.78 is 5.28. The summed E-state index contributed by atoms with van der Waals surface area (Å²) in [6.45, 7) is -0.224. The van der Waals surface area contributed by atoms with Gasteiger partial charge in [-0.2, -0.15) is 5.10 Å². The van der Waals surface area contributed by atoms with Crippen LogP contribution in [0.5, 0.6) is 5.75 Å². The van der Waals surface area contributed by atoms with E-state index in [9.17, 15) is 4.79 Å². The number of hydrazone groups is 1. The molecule has 4 nitrogen and oxygen atoms in total. The van der Waals surface area contributed by atoms with E-state index in [4.69, 9.17) is 39.5 Å². The summed E-state index contributed by atoms with van der Waals surface area (Å²) in [6, 6.07) is 12.0. The van der Waals surface area contributed by atoms with Gasteiger partial charge in [-0.15, -0.1) is 0 Å². The molecule has 0 aliphatic rings. The fraction of sp³-hybridized carbons (Fsp3) is 0.0667. The summed E-state index contributed by atoms with van der Waals surface area (Å²) in [5.74, 6) is -0.0766. The fourth-order valence-corrected chi connectivity index (χ4v) is 1.97. The van der Waals surface area contributed by atoms with Gasteiger partial charge in [-0.05, 0) is 29.8 Å². The first kappa shape index (κ1) is 16.6. The summed E-state index contributed by atoms with van der Waals surface area (Å²) in [5, 5.41) is 5.08. The molecular formula is C15H11Cl3N2O2. The van der Waals surface area contributed by atoms with Crippen molar-refractivity contribution in [2.45, 2.75) is 0 Å². The summed E-state index contributed by atoms with van der Waals surface area (Å²) in [7, 11) is 0. The van der Waals surface area contributed by atoms with Crippen molar-refractivity contribution in [1.29, 1.82) is 0 Å².